The van der Waals surface area contributed by atoms with Gasteiger partial charge in [-0.3, -0.25) is 4.68 Å². The number of hydrogen-bond donors (Lipinski definition) is 1. The first-order valence-corrected chi connectivity index (χ1v) is 8.80. The van der Waals surface area contributed by atoms with Gasteiger partial charge >= 0.3 is 0 Å². The van der Waals surface area contributed by atoms with E-state index in [9.17, 15) is 8.42 Å². The van der Waals surface area contributed by atoms with E-state index >= 15 is 0 Å². The maximum Gasteiger partial charge on any atom is 0.246 e. The topological polar surface area (TPSA) is 67.2 Å². The van der Waals surface area contributed by atoms with Crippen LogP contribution in [0.5, 0.6) is 0 Å². The molecule has 0 aliphatic carbocycles. The molecule has 0 unspecified atom stereocenters. The highest BCUT2D eigenvalue weighted by molar-refractivity contribution is 7.89. The van der Waals surface area contributed by atoms with Crippen molar-refractivity contribution in [3.05, 3.63) is 48.3 Å². The van der Waals surface area contributed by atoms with Crippen molar-refractivity contribution in [2.45, 2.75) is 24.4 Å². The highest BCUT2D eigenvalue weighted by Crippen LogP contribution is 2.19. The highest BCUT2D eigenvalue weighted by Gasteiger charge is 2.31. The van der Waals surface area contributed by atoms with Crippen LogP contribution in [0.25, 0.3) is 0 Å². The smallest absolute Gasteiger partial charge is 0.246 e. The Labute approximate surface area is 130 Å². The molecule has 7 heteroatoms. The van der Waals surface area contributed by atoms with E-state index in [1.807, 2.05) is 37.3 Å². The summed E-state index contributed by atoms with van der Waals surface area (Å²) in [6.07, 6.45) is 3.05. The van der Waals surface area contributed by atoms with Gasteiger partial charge in [0.05, 0.1) is 12.7 Å². The number of aromatic nitrogens is 2. The van der Waals surface area contributed by atoms with Crippen LogP contribution in [0.15, 0.2) is 47.6 Å². The van der Waals surface area contributed by atoms with Crippen LogP contribution in [-0.4, -0.2) is 48.2 Å². The molecule has 1 aliphatic heterocycles. The number of benzene rings is 1. The Morgan fingerprint density at radius 2 is 2.09 bits per heavy atom. The fourth-order valence-corrected chi connectivity index (χ4v) is 4.24. The van der Waals surface area contributed by atoms with Gasteiger partial charge in [0.25, 0.3) is 0 Å². The van der Waals surface area contributed by atoms with E-state index in [0.29, 0.717) is 26.2 Å². The van der Waals surface area contributed by atoms with Crippen molar-refractivity contribution in [3.63, 3.8) is 0 Å². The summed E-state index contributed by atoms with van der Waals surface area (Å²) in [7, 11) is -3.47. The van der Waals surface area contributed by atoms with E-state index in [4.69, 9.17) is 0 Å². The molecule has 0 saturated carbocycles. The van der Waals surface area contributed by atoms with E-state index in [-0.39, 0.29) is 10.9 Å². The standard InChI is InChI=1S/C15H20N4O2S/c1-13-9-16-7-8-19(13)22(20,21)15-10-17-18(12-15)11-14-5-3-2-4-6-14/h2-6,10,12-13,16H,7-9,11H2,1H3/t13-/m1/s1. The molecule has 0 bridgehead atoms. The van der Waals surface area contributed by atoms with Crippen LogP contribution >= 0.6 is 0 Å². The lowest BCUT2D eigenvalue weighted by atomic mass is 10.2. The zero-order chi connectivity index (χ0) is 15.6. The molecule has 0 amide bonds. The van der Waals surface area contributed by atoms with Gasteiger partial charge in [-0.25, -0.2) is 8.42 Å². The Hall–Kier alpha value is -1.70. The van der Waals surface area contributed by atoms with Gasteiger partial charge in [0.1, 0.15) is 4.90 Å². The third-order valence-corrected chi connectivity index (χ3v) is 5.81. The second kappa shape index (κ2) is 6.20. The number of piperazine rings is 1. The third-order valence-electron chi connectivity index (χ3n) is 3.84. The van der Waals surface area contributed by atoms with E-state index in [0.717, 1.165) is 5.56 Å². The van der Waals surface area contributed by atoms with Crippen LogP contribution in [-0.2, 0) is 16.6 Å². The average molecular weight is 320 g/mol. The van der Waals surface area contributed by atoms with Crippen molar-refractivity contribution in [1.82, 2.24) is 19.4 Å². The molecular weight excluding hydrogens is 300 g/mol. The van der Waals surface area contributed by atoms with Gasteiger partial charge in [-0.1, -0.05) is 30.3 Å². The molecule has 1 saturated heterocycles. The summed E-state index contributed by atoms with van der Waals surface area (Å²) in [5.41, 5.74) is 1.09. The summed E-state index contributed by atoms with van der Waals surface area (Å²) in [5.74, 6) is 0. The molecule has 0 spiro atoms. The lowest BCUT2D eigenvalue weighted by molar-refractivity contribution is 0.284. The molecule has 1 fully saturated rings. The molecule has 1 aromatic carbocycles. The van der Waals surface area contributed by atoms with Crippen molar-refractivity contribution in [1.29, 1.82) is 0 Å². The minimum atomic E-state index is -3.47. The fourth-order valence-electron chi connectivity index (χ4n) is 2.65. The summed E-state index contributed by atoms with van der Waals surface area (Å²) in [6.45, 7) is 4.33. The van der Waals surface area contributed by atoms with Gasteiger partial charge in [0.2, 0.25) is 10.0 Å². The largest absolute Gasteiger partial charge is 0.314 e. The molecule has 3 rings (SSSR count). The van der Waals surface area contributed by atoms with Gasteiger partial charge in [0, 0.05) is 31.9 Å². The molecule has 2 aromatic rings. The quantitative estimate of drug-likeness (QED) is 0.909. The average Bonchev–Trinajstić information content (AvgIpc) is 2.98. The second-order valence-electron chi connectivity index (χ2n) is 5.53. The Morgan fingerprint density at radius 1 is 1.32 bits per heavy atom. The van der Waals surface area contributed by atoms with Crippen LogP contribution < -0.4 is 5.32 Å². The summed E-state index contributed by atoms with van der Waals surface area (Å²) in [6, 6.07) is 9.81. The highest BCUT2D eigenvalue weighted by atomic mass is 32.2. The summed E-state index contributed by atoms with van der Waals surface area (Å²) in [5, 5.41) is 7.39. The molecule has 6 nitrogen and oxygen atoms in total. The minimum absolute atomic E-state index is 0.0452. The second-order valence-corrected chi connectivity index (χ2v) is 7.42. The molecule has 1 aliphatic rings. The lowest BCUT2D eigenvalue weighted by Crippen LogP contribution is -2.52. The van der Waals surface area contributed by atoms with Crippen LogP contribution in [0, 0.1) is 0 Å². The predicted molar refractivity (Wildman–Crippen MR) is 84.0 cm³/mol. The molecule has 22 heavy (non-hydrogen) atoms. The Bertz CT molecular complexity index is 727. The molecule has 0 radical (unpaired) electrons. The molecule has 1 aromatic heterocycles. The van der Waals surface area contributed by atoms with Gasteiger partial charge in [-0.15, -0.1) is 0 Å². The first kappa shape index (κ1) is 15.2. The first-order valence-electron chi connectivity index (χ1n) is 7.36. The van der Waals surface area contributed by atoms with Crippen LogP contribution in [0.2, 0.25) is 0 Å². The summed E-state index contributed by atoms with van der Waals surface area (Å²) in [4.78, 5) is 0.261. The third kappa shape index (κ3) is 3.06. The normalized spacial score (nSPS) is 20.1. The zero-order valence-corrected chi connectivity index (χ0v) is 13.3. The monoisotopic (exact) mass is 320 g/mol. The van der Waals surface area contributed by atoms with Crippen molar-refractivity contribution >= 4 is 10.0 Å². The minimum Gasteiger partial charge on any atom is -0.314 e. The summed E-state index contributed by atoms with van der Waals surface area (Å²) >= 11 is 0. The molecule has 1 N–H and O–H groups in total. The maximum absolute atomic E-state index is 12.7. The Balaban J connectivity index is 1.80. The van der Waals surface area contributed by atoms with Gasteiger partial charge in [-0.05, 0) is 12.5 Å². The van der Waals surface area contributed by atoms with Crippen molar-refractivity contribution in [3.8, 4) is 0 Å². The Kier molecular flexibility index (Phi) is 4.28. The van der Waals surface area contributed by atoms with E-state index in [1.165, 1.54) is 6.20 Å². The number of nitrogens with zero attached hydrogens (tertiary/aromatic N) is 3. The Morgan fingerprint density at radius 3 is 2.82 bits per heavy atom. The van der Waals surface area contributed by atoms with E-state index in [2.05, 4.69) is 10.4 Å². The molecule has 1 atom stereocenters. The van der Waals surface area contributed by atoms with E-state index < -0.39 is 10.0 Å². The van der Waals surface area contributed by atoms with Crippen LogP contribution in [0.4, 0.5) is 0 Å². The zero-order valence-electron chi connectivity index (χ0n) is 12.5. The van der Waals surface area contributed by atoms with E-state index in [1.54, 1.807) is 15.2 Å². The molecule has 2 heterocycles. The van der Waals surface area contributed by atoms with Gasteiger partial charge in [0.15, 0.2) is 0 Å². The predicted octanol–water partition coefficient (Wildman–Crippen LogP) is 0.914. The van der Waals surface area contributed by atoms with Crippen molar-refractivity contribution < 1.29 is 8.42 Å². The maximum atomic E-state index is 12.7. The molecular formula is C15H20N4O2S. The van der Waals surface area contributed by atoms with Crippen LogP contribution in [0.3, 0.4) is 0 Å². The van der Waals surface area contributed by atoms with Gasteiger partial charge in [-0.2, -0.15) is 9.40 Å². The SMILES string of the molecule is C[C@@H]1CNCCN1S(=O)(=O)c1cnn(Cc2ccccc2)c1. The number of rotatable bonds is 4. The van der Waals surface area contributed by atoms with Crippen molar-refractivity contribution in [2.24, 2.45) is 0 Å². The van der Waals surface area contributed by atoms with Gasteiger partial charge < -0.3 is 5.32 Å². The lowest BCUT2D eigenvalue weighted by Gasteiger charge is -2.32. The molecule has 118 valence electrons. The summed E-state index contributed by atoms with van der Waals surface area (Å²) < 4.78 is 28.6. The number of sulfonamides is 1. The van der Waals surface area contributed by atoms with Crippen LogP contribution in [0.1, 0.15) is 12.5 Å². The van der Waals surface area contributed by atoms with Crippen molar-refractivity contribution in [2.75, 3.05) is 19.6 Å². The number of nitrogens with one attached hydrogen (secondary N) is 1. The first-order chi connectivity index (χ1) is 10.6. The number of hydrogen-bond acceptors (Lipinski definition) is 4. The fraction of sp³-hybridized carbons (Fsp3) is 0.400.